The van der Waals surface area contributed by atoms with Gasteiger partial charge >= 0.3 is 0 Å². The molecule has 0 aliphatic carbocycles. The molecule has 2 rings (SSSR count). The van der Waals surface area contributed by atoms with Crippen LogP contribution in [0.2, 0.25) is 0 Å². The van der Waals surface area contributed by atoms with Gasteiger partial charge in [0.25, 0.3) is 0 Å². The number of aromatic nitrogens is 2. The van der Waals surface area contributed by atoms with Crippen molar-refractivity contribution in [3.05, 3.63) is 41.7 Å². The molecule has 0 bridgehead atoms. The van der Waals surface area contributed by atoms with Crippen LogP contribution in [0.3, 0.4) is 0 Å². The summed E-state index contributed by atoms with van der Waals surface area (Å²) in [4.78, 5) is 8.69. The summed E-state index contributed by atoms with van der Waals surface area (Å²) in [6.07, 6.45) is 0.182. The summed E-state index contributed by atoms with van der Waals surface area (Å²) in [5.41, 5.74) is 2.85. The molecule has 1 aromatic carbocycles. The van der Waals surface area contributed by atoms with E-state index in [-0.39, 0.29) is 18.5 Å². The smallest absolute Gasteiger partial charge is 0.227 e. The molecule has 0 radical (unpaired) electrons. The lowest BCUT2D eigenvalue weighted by Crippen LogP contribution is -2.05. The zero-order valence-corrected chi connectivity index (χ0v) is 13.0. The third kappa shape index (κ3) is 4.70. The van der Waals surface area contributed by atoms with Gasteiger partial charge < -0.3 is 10.1 Å². The van der Waals surface area contributed by atoms with Gasteiger partial charge in [0, 0.05) is 17.1 Å². The lowest BCUT2D eigenvalue weighted by molar-refractivity contribution is 0.242. The molecule has 0 aliphatic heterocycles. The van der Waals surface area contributed by atoms with Gasteiger partial charge in [-0.25, -0.2) is 9.97 Å². The Morgan fingerprint density at radius 2 is 1.55 bits per heavy atom. The zero-order chi connectivity index (χ0) is 13.8. The molecule has 0 saturated carbocycles. The van der Waals surface area contributed by atoms with Crippen LogP contribution in [0.15, 0.2) is 30.3 Å². The minimum atomic E-state index is 0. The molecule has 108 valence electrons. The number of hydrogen-bond donors (Lipinski definition) is 1. The fraction of sp³-hybridized carbons (Fsp3) is 0.333. The lowest BCUT2D eigenvalue weighted by atomic mass is 10.3. The molecule has 2 aromatic rings. The van der Waals surface area contributed by atoms with Crippen molar-refractivity contribution >= 4 is 24.0 Å². The van der Waals surface area contributed by atoms with Crippen molar-refractivity contribution in [1.29, 1.82) is 0 Å². The number of nitrogens with zero attached hydrogens (tertiary/aromatic N) is 2. The highest BCUT2D eigenvalue weighted by Crippen LogP contribution is 2.19. The standard InChI is InChI=1S/C15H19N3O.ClH/c1-10(2)19-14-7-5-13(6-8-14)18-15-16-11(3)9-12(4)17-15;/h5-10H,1-4H3,(H,16,17,18);1H. The minimum absolute atomic E-state index is 0. The Balaban J connectivity index is 0.00000200. The van der Waals surface area contributed by atoms with Gasteiger partial charge in [-0.3, -0.25) is 0 Å². The quantitative estimate of drug-likeness (QED) is 0.924. The van der Waals surface area contributed by atoms with Crippen molar-refractivity contribution in [3.8, 4) is 5.75 Å². The molecule has 4 nitrogen and oxygen atoms in total. The van der Waals surface area contributed by atoms with E-state index in [0.717, 1.165) is 22.8 Å². The molecule has 0 aliphatic rings. The van der Waals surface area contributed by atoms with Gasteiger partial charge in [-0.1, -0.05) is 0 Å². The van der Waals surface area contributed by atoms with Crippen molar-refractivity contribution in [2.24, 2.45) is 0 Å². The molecule has 0 amide bonds. The SMILES string of the molecule is Cc1cc(C)nc(Nc2ccc(OC(C)C)cc2)n1.Cl. The summed E-state index contributed by atoms with van der Waals surface area (Å²) in [5, 5.41) is 3.19. The Hall–Kier alpha value is -1.81. The number of aryl methyl sites for hydroxylation is 2. The van der Waals surface area contributed by atoms with Crippen molar-refractivity contribution in [2.75, 3.05) is 5.32 Å². The molecule has 1 aromatic heterocycles. The van der Waals surface area contributed by atoms with Crippen LogP contribution in [-0.2, 0) is 0 Å². The van der Waals surface area contributed by atoms with Crippen LogP contribution < -0.4 is 10.1 Å². The first kappa shape index (κ1) is 16.2. The Kier molecular flexibility index (Phi) is 5.77. The number of rotatable bonds is 4. The largest absolute Gasteiger partial charge is 0.491 e. The normalized spacial score (nSPS) is 10.1. The third-order valence-corrected chi connectivity index (χ3v) is 2.46. The van der Waals surface area contributed by atoms with Crippen LogP contribution in [-0.4, -0.2) is 16.1 Å². The van der Waals surface area contributed by atoms with E-state index in [4.69, 9.17) is 4.74 Å². The number of ether oxygens (including phenoxy) is 1. The van der Waals surface area contributed by atoms with E-state index < -0.39 is 0 Å². The number of anilines is 2. The Bertz CT molecular complexity index is 535. The molecular weight excluding hydrogens is 274 g/mol. The second kappa shape index (κ2) is 7.10. The van der Waals surface area contributed by atoms with Gasteiger partial charge in [-0.15, -0.1) is 12.4 Å². The maximum absolute atomic E-state index is 5.60. The fourth-order valence-electron chi connectivity index (χ4n) is 1.80. The number of nitrogens with one attached hydrogen (secondary N) is 1. The topological polar surface area (TPSA) is 47.0 Å². The van der Waals surface area contributed by atoms with Crippen molar-refractivity contribution in [2.45, 2.75) is 33.8 Å². The summed E-state index contributed by atoms with van der Waals surface area (Å²) < 4.78 is 5.60. The third-order valence-electron chi connectivity index (χ3n) is 2.46. The van der Waals surface area contributed by atoms with Crippen LogP contribution in [0, 0.1) is 13.8 Å². The summed E-state index contributed by atoms with van der Waals surface area (Å²) >= 11 is 0. The highest BCUT2D eigenvalue weighted by molar-refractivity contribution is 5.85. The van der Waals surface area contributed by atoms with Crippen molar-refractivity contribution in [1.82, 2.24) is 9.97 Å². The summed E-state index contributed by atoms with van der Waals surface area (Å²) in [6.45, 7) is 7.93. The molecule has 5 heteroatoms. The molecule has 20 heavy (non-hydrogen) atoms. The first-order chi connectivity index (χ1) is 9.02. The van der Waals surface area contributed by atoms with E-state index >= 15 is 0 Å². The van der Waals surface area contributed by atoms with Crippen LogP contribution in [0.5, 0.6) is 5.75 Å². The summed E-state index contributed by atoms with van der Waals surface area (Å²) in [6, 6.07) is 9.73. The fourth-order valence-corrected chi connectivity index (χ4v) is 1.80. The van der Waals surface area contributed by atoms with E-state index in [9.17, 15) is 0 Å². The number of halogens is 1. The predicted octanol–water partition coefficient (Wildman–Crippen LogP) is 4.05. The van der Waals surface area contributed by atoms with Crippen LogP contribution in [0.25, 0.3) is 0 Å². The monoisotopic (exact) mass is 293 g/mol. The number of benzene rings is 1. The lowest BCUT2D eigenvalue weighted by Gasteiger charge is -2.11. The van der Waals surface area contributed by atoms with Gasteiger partial charge in [-0.05, 0) is 58.0 Å². The van der Waals surface area contributed by atoms with Crippen molar-refractivity contribution in [3.63, 3.8) is 0 Å². The minimum Gasteiger partial charge on any atom is -0.491 e. The second-order valence-electron chi connectivity index (χ2n) is 4.79. The van der Waals surface area contributed by atoms with Gasteiger partial charge in [0.1, 0.15) is 5.75 Å². The summed E-state index contributed by atoms with van der Waals surface area (Å²) in [7, 11) is 0. The first-order valence-corrected chi connectivity index (χ1v) is 6.39. The van der Waals surface area contributed by atoms with E-state index in [1.807, 2.05) is 58.0 Å². The van der Waals surface area contributed by atoms with Crippen LogP contribution in [0.1, 0.15) is 25.2 Å². The molecule has 1 heterocycles. The van der Waals surface area contributed by atoms with Crippen LogP contribution in [0.4, 0.5) is 11.6 Å². The highest BCUT2D eigenvalue weighted by Gasteiger charge is 2.01. The van der Waals surface area contributed by atoms with E-state index in [2.05, 4.69) is 15.3 Å². The zero-order valence-electron chi connectivity index (χ0n) is 12.2. The Morgan fingerprint density at radius 1 is 1.00 bits per heavy atom. The van der Waals surface area contributed by atoms with E-state index in [1.54, 1.807) is 0 Å². The average Bonchev–Trinajstić information content (AvgIpc) is 2.29. The van der Waals surface area contributed by atoms with Crippen molar-refractivity contribution < 1.29 is 4.74 Å². The van der Waals surface area contributed by atoms with E-state index in [0.29, 0.717) is 5.95 Å². The van der Waals surface area contributed by atoms with Gasteiger partial charge in [0.2, 0.25) is 5.95 Å². The predicted molar refractivity (Wildman–Crippen MR) is 84.2 cm³/mol. The molecular formula is C15H20ClN3O. The van der Waals surface area contributed by atoms with Gasteiger partial charge in [0.05, 0.1) is 6.10 Å². The second-order valence-corrected chi connectivity index (χ2v) is 4.79. The molecule has 1 N–H and O–H groups in total. The average molecular weight is 294 g/mol. The van der Waals surface area contributed by atoms with Gasteiger partial charge in [0.15, 0.2) is 0 Å². The molecule has 0 atom stereocenters. The molecule has 0 unspecified atom stereocenters. The maximum atomic E-state index is 5.60. The summed E-state index contributed by atoms with van der Waals surface area (Å²) in [5.74, 6) is 1.48. The molecule has 0 saturated heterocycles. The molecule has 0 fully saturated rings. The maximum Gasteiger partial charge on any atom is 0.227 e. The highest BCUT2D eigenvalue weighted by atomic mass is 35.5. The van der Waals surface area contributed by atoms with E-state index in [1.165, 1.54) is 0 Å². The molecule has 0 spiro atoms. The first-order valence-electron chi connectivity index (χ1n) is 6.39. The van der Waals surface area contributed by atoms with Crippen LogP contribution >= 0.6 is 12.4 Å². The Labute approximate surface area is 126 Å². The Morgan fingerprint density at radius 3 is 2.05 bits per heavy atom. The van der Waals surface area contributed by atoms with Gasteiger partial charge in [-0.2, -0.15) is 0 Å². The number of hydrogen-bond acceptors (Lipinski definition) is 4.